The van der Waals surface area contributed by atoms with Crippen molar-refractivity contribution in [3.63, 3.8) is 0 Å². The first-order valence-corrected chi connectivity index (χ1v) is 2.68. The number of nitrogens with one attached hydrogen (secondary N) is 2. The molecule has 5 heteroatoms. The second-order valence-electron chi connectivity index (χ2n) is 2.23. The molecule has 0 aromatic rings. The highest BCUT2D eigenvalue weighted by Gasteiger charge is 2.41. The summed E-state index contributed by atoms with van der Waals surface area (Å²) in [5.41, 5.74) is -1.36. The first-order valence-electron chi connectivity index (χ1n) is 2.68. The van der Waals surface area contributed by atoms with Gasteiger partial charge in [0.2, 0.25) is 0 Å². The number of amides is 3. The van der Waals surface area contributed by atoms with E-state index in [1.807, 2.05) is 5.32 Å². The lowest BCUT2D eigenvalue weighted by atomic mass is 10.1. The molecule has 2 N–H and O–H groups in total. The van der Waals surface area contributed by atoms with Crippen molar-refractivity contribution in [1.29, 1.82) is 0 Å². The molecule has 0 aliphatic carbocycles. The third-order valence-electron chi connectivity index (χ3n) is 1.31. The molecule has 0 spiro atoms. The number of carbonyl (C=O) groups is 3. The molecule has 1 aliphatic rings. The van der Waals surface area contributed by atoms with Crippen molar-refractivity contribution in [3.05, 3.63) is 0 Å². The van der Waals surface area contributed by atoms with Crippen molar-refractivity contribution in [1.82, 2.24) is 10.6 Å². The number of carbonyl (C=O) groups excluding carboxylic acids is 3. The van der Waals surface area contributed by atoms with E-state index in [1.165, 1.54) is 6.92 Å². The summed E-state index contributed by atoms with van der Waals surface area (Å²) in [7, 11) is 0. The molecule has 54 valence electrons. The van der Waals surface area contributed by atoms with Crippen molar-refractivity contribution in [3.8, 4) is 0 Å². The average Bonchev–Trinajstić information content (AvgIpc) is 2.09. The first kappa shape index (κ1) is 6.73. The van der Waals surface area contributed by atoms with E-state index in [-0.39, 0.29) is 0 Å². The minimum atomic E-state index is -1.36. The summed E-state index contributed by atoms with van der Waals surface area (Å²) < 4.78 is 0. The zero-order valence-electron chi connectivity index (χ0n) is 5.30. The third-order valence-corrected chi connectivity index (χ3v) is 1.31. The van der Waals surface area contributed by atoms with Gasteiger partial charge >= 0.3 is 6.03 Å². The molecule has 0 aromatic carbocycles. The topological polar surface area (TPSA) is 75.3 Å². The van der Waals surface area contributed by atoms with Crippen LogP contribution in [0, 0.1) is 0 Å². The van der Waals surface area contributed by atoms with Crippen LogP contribution in [0.3, 0.4) is 0 Å². The predicted molar refractivity (Wildman–Crippen MR) is 31.1 cm³/mol. The maximum Gasteiger partial charge on any atom is 0.322 e. The Morgan fingerprint density at radius 3 is 2.30 bits per heavy atom. The SMILES string of the molecule is CC1(C=O)NC(=O)NC1=O. The van der Waals surface area contributed by atoms with E-state index in [1.54, 1.807) is 0 Å². The Morgan fingerprint density at radius 1 is 1.50 bits per heavy atom. The van der Waals surface area contributed by atoms with Crippen LogP contribution in [-0.2, 0) is 9.59 Å². The smallest absolute Gasteiger partial charge is 0.317 e. The number of hydrogen-bond acceptors (Lipinski definition) is 3. The molecule has 10 heavy (non-hydrogen) atoms. The van der Waals surface area contributed by atoms with Gasteiger partial charge in [0.15, 0.2) is 11.8 Å². The molecule has 3 amide bonds. The van der Waals surface area contributed by atoms with Crippen LogP contribution < -0.4 is 10.6 Å². The average molecular weight is 142 g/mol. The molecule has 0 aromatic heterocycles. The first-order chi connectivity index (χ1) is 4.58. The summed E-state index contributed by atoms with van der Waals surface area (Å²) in [5, 5.41) is 4.10. The lowest BCUT2D eigenvalue weighted by Gasteiger charge is -2.09. The fraction of sp³-hybridized carbons (Fsp3) is 0.400. The van der Waals surface area contributed by atoms with Gasteiger partial charge in [0.1, 0.15) is 0 Å². The van der Waals surface area contributed by atoms with Crippen LogP contribution in [-0.4, -0.2) is 23.8 Å². The minimum Gasteiger partial charge on any atom is -0.317 e. The van der Waals surface area contributed by atoms with Crippen molar-refractivity contribution in [2.45, 2.75) is 12.5 Å². The molecule has 1 heterocycles. The summed E-state index contributed by atoms with van der Waals surface area (Å²) in [4.78, 5) is 31.3. The molecule has 1 fully saturated rings. The molecule has 1 aliphatic heterocycles. The van der Waals surface area contributed by atoms with Gasteiger partial charge in [-0.1, -0.05) is 0 Å². The van der Waals surface area contributed by atoms with Crippen molar-refractivity contribution in [2.24, 2.45) is 0 Å². The normalized spacial score (nSPS) is 31.3. The highest BCUT2D eigenvalue weighted by Crippen LogP contribution is 2.04. The van der Waals surface area contributed by atoms with Crippen molar-refractivity contribution in [2.75, 3.05) is 0 Å². The van der Waals surface area contributed by atoms with Crippen LogP contribution in [0.4, 0.5) is 4.79 Å². The highest BCUT2D eigenvalue weighted by molar-refractivity contribution is 6.15. The Hall–Kier alpha value is -1.39. The molecule has 1 saturated heterocycles. The number of rotatable bonds is 1. The molecule has 1 unspecified atom stereocenters. The fourth-order valence-corrected chi connectivity index (χ4v) is 0.640. The lowest BCUT2D eigenvalue weighted by Crippen LogP contribution is -2.45. The quantitative estimate of drug-likeness (QED) is 0.274. The monoisotopic (exact) mass is 142 g/mol. The number of hydrogen-bond donors (Lipinski definition) is 2. The van der Waals surface area contributed by atoms with Gasteiger partial charge in [0, 0.05) is 0 Å². The van der Waals surface area contributed by atoms with E-state index in [0.717, 1.165) is 0 Å². The summed E-state index contributed by atoms with van der Waals surface area (Å²) in [6.07, 6.45) is 0.396. The Bertz CT molecular complexity index is 213. The van der Waals surface area contributed by atoms with E-state index in [2.05, 4.69) is 5.32 Å². The van der Waals surface area contributed by atoms with Gasteiger partial charge in [-0.2, -0.15) is 0 Å². The maximum absolute atomic E-state index is 10.7. The Labute approximate surface area is 56.8 Å². The Morgan fingerprint density at radius 2 is 2.10 bits per heavy atom. The van der Waals surface area contributed by atoms with Gasteiger partial charge in [-0.05, 0) is 6.92 Å². The van der Waals surface area contributed by atoms with Gasteiger partial charge < -0.3 is 10.1 Å². The van der Waals surface area contributed by atoms with Crippen molar-refractivity contribution < 1.29 is 14.4 Å². The van der Waals surface area contributed by atoms with Crippen LogP contribution in [0.15, 0.2) is 0 Å². The molecule has 0 radical (unpaired) electrons. The molecular weight excluding hydrogens is 136 g/mol. The summed E-state index contributed by atoms with van der Waals surface area (Å²) >= 11 is 0. The standard InChI is InChI=1S/C5H6N2O3/c1-5(2-8)3(9)6-4(10)7-5/h2H,1H3,(H2,6,7,9,10). The number of urea groups is 1. The van der Waals surface area contributed by atoms with Crippen LogP contribution >= 0.6 is 0 Å². The van der Waals surface area contributed by atoms with Crippen LogP contribution in [0.25, 0.3) is 0 Å². The summed E-state index contributed by atoms with van der Waals surface area (Å²) in [6, 6.07) is -0.625. The van der Waals surface area contributed by atoms with Gasteiger partial charge in [-0.25, -0.2) is 4.79 Å². The maximum atomic E-state index is 10.7. The van der Waals surface area contributed by atoms with Crippen molar-refractivity contribution >= 4 is 18.2 Å². The lowest BCUT2D eigenvalue weighted by molar-refractivity contribution is -0.128. The largest absolute Gasteiger partial charge is 0.322 e. The van der Waals surface area contributed by atoms with E-state index in [0.29, 0.717) is 6.29 Å². The predicted octanol–water partition coefficient (Wildman–Crippen LogP) is -1.22. The van der Waals surface area contributed by atoms with E-state index in [9.17, 15) is 14.4 Å². The minimum absolute atomic E-state index is 0.396. The summed E-state index contributed by atoms with van der Waals surface area (Å²) in [6.45, 7) is 1.33. The third kappa shape index (κ3) is 0.754. The van der Waals surface area contributed by atoms with Gasteiger partial charge in [0.05, 0.1) is 0 Å². The summed E-state index contributed by atoms with van der Waals surface area (Å²) in [5.74, 6) is -0.604. The van der Waals surface area contributed by atoms with E-state index in [4.69, 9.17) is 0 Å². The fourth-order valence-electron chi connectivity index (χ4n) is 0.640. The molecule has 0 bridgehead atoms. The molecule has 1 rings (SSSR count). The van der Waals surface area contributed by atoms with E-state index < -0.39 is 17.5 Å². The van der Waals surface area contributed by atoms with E-state index >= 15 is 0 Å². The van der Waals surface area contributed by atoms with Gasteiger partial charge in [-0.15, -0.1) is 0 Å². The second kappa shape index (κ2) is 1.80. The zero-order valence-corrected chi connectivity index (χ0v) is 5.30. The molecule has 5 nitrogen and oxygen atoms in total. The molecule has 0 saturated carbocycles. The Kier molecular flexibility index (Phi) is 1.21. The zero-order chi connectivity index (χ0) is 7.78. The highest BCUT2D eigenvalue weighted by atomic mass is 16.2. The second-order valence-corrected chi connectivity index (χ2v) is 2.23. The molecule has 1 atom stereocenters. The molecular formula is C5H6N2O3. The van der Waals surface area contributed by atoms with Crippen LogP contribution in [0.2, 0.25) is 0 Å². The number of aldehydes is 1. The Balaban J connectivity index is 2.90. The van der Waals surface area contributed by atoms with Crippen LogP contribution in [0.1, 0.15) is 6.92 Å². The van der Waals surface area contributed by atoms with Gasteiger partial charge in [-0.3, -0.25) is 10.1 Å². The van der Waals surface area contributed by atoms with Crippen LogP contribution in [0.5, 0.6) is 0 Å². The van der Waals surface area contributed by atoms with Gasteiger partial charge in [0.25, 0.3) is 5.91 Å². The number of imide groups is 1.